The lowest BCUT2D eigenvalue weighted by molar-refractivity contribution is 0.100. The van der Waals surface area contributed by atoms with E-state index in [1.807, 2.05) is 0 Å². The van der Waals surface area contributed by atoms with Crippen LogP contribution in [0.5, 0.6) is 0 Å². The minimum absolute atomic E-state index is 0.273. The molecule has 0 aromatic carbocycles. The molecular formula is C8H8O3. The number of rotatable bonds is 0. The predicted molar refractivity (Wildman–Crippen MR) is 38.3 cm³/mol. The van der Waals surface area contributed by atoms with Gasteiger partial charge in [-0.05, 0) is 6.07 Å². The summed E-state index contributed by atoms with van der Waals surface area (Å²) >= 11 is 0. The quantitative estimate of drug-likeness (QED) is 0.549. The Morgan fingerprint density at radius 2 is 2.27 bits per heavy atom. The van der Waals surface area contributed by atoms with Gasteiger partial charge < -0.3 is 9.15 Å². The Hall–Kier alpha value is -1.09. The molecule has 0 atom stereocenters. The van der Waals surface area contributed by atoms with Gasteiger partial charge in [0.25, 0.3) is 0 Å². The van der Waals surface area contributed by atoms with Gasteiger partial charge in [0.2, 0.25) is 0 Å². The highest BCUT2D eigenvalue weighted by atomic mass is 16.5. The van der Waals surface area contributed by atoms with E-state index in [9.17, 15) is 4.79 Å². The molecule has 0 radical (unpaired) electrons. The normalized spacial score (nSPS) is 16.0. The Morgan fingerprint density at radius 1 is 1.36 bits per heavy atom. The Morgan fingerprint density at radius 3 is 3.18 bits per heavy atom. The van der Waals surface area contributed by atoms with Crippen LogP contribution in [-0.4, -0.2) is 6.61 Å². The van der Waals surface area contributed by atoms with E-state index in [2.05, 4.69) is 0 Å². The summed E-state index contributed by atoms with van der Waals surface area (Å²) in [7, 11) is 0. The van der Waals surface area contributed by atoms with Gasteiger partial charge in [0.05, 0.1) is 13.2 Å². The third-order valence-corrected chi connectivity index (χ3v) is 1.73. The monoisotopic (exact) mass is 152 g/mol. The first kappa shape index (κ1) is 6.61. The molecule has 3 nitrogen and oxygen atoms in total. The van der Waals surface area contributed by atoms with Crippen molar-refractivity contribution in [2.24, 2.45) is 0 Å². The molecule has 1 aromatic rings. The topological polar surface area (TPSA) is 39.4 Å². The van der Waals surface area contributed by atoms with E-state index in [1.54, 1.807) is 6.07 Å². The SMILES string of the molecule is O=c1ccc2c(o1)CCOC2. The second-order valence-electron chi connectivity index (χ2n) is 2.51. The van der Waals surface area contributed by atoms with E-state index in [4.69, 9.17) is 9.15 Å². The van der Waals surface area contributed by atoms with Crippen molar-refractivity contribution >= 4 is 0 Å². The highest BCUT2D eigenvalue weighted by Crippen LogP contribution is 2.13. The standard InChI is InChI=1S/C8H8O3/c9-8-2-1-6-5-10-4-3-7(6)11-8/h1-2H,3-5H2. The number of hydrogen-bond acceptors (Lipinski definition) is 3. The van der Waals surface area contributed by atoms with E-state index in [-0.39, 0.29) is 5.63 Å². The molecule has 0 fully saturated rings. The Kier molecular flexibility index (Phi) is 1.51. The summed E-state index contributed by atoms with van der Waals surface area (Å²) in [5.41, 5.74) is 0.724. The predicted octanol–water partition coefficient (Wildman–Crippen LogP) is 0.713. The van der Waals surface area contributed by atoms with Crippen molar-refractivity contribution in [2.75, 3.05) is 6.61 Å². The van der Waals surface area contributed by atoms with Crippen LogP contribution in [0, 0.1) is 0 Å². The minimum atomic E-state index is -0.273. The average Bonchev–Trinajstić information content (AvgIpc) is 2.04. The maximum atomic E-state index is 10.7. The van der Waals surface area contributed by atoms with E-state index in [0.29, 0.717) is 19.6 Å². The summed E-state index contributed by atoms with van der Waals surface area (Å²) < 4.78 is 10.1. The molecule has 0 saturated heterocycles. The molecule has 1 aromatic heterocycles. The van der Waals surface area contributed by atoms with E-state index in [0.717, 1.165) is 11.3 Å². The number of hydrogen-bond donors (Lipinski definition) is 0. The number of ether oxygens (including phenoxy) is 1. The van der Waals surface area contributed by atoms with Gasteiger partial charge in [0, 0.05) is 18.1 Å². The summed E-state index contributed by atoms with van der Waals surface area (Å²) in [5.74, 6) is 0.781. The van der Waals surface area contributed by atoms with E-state index >= 15 is 0 Å². The zero-order valence-corrected chi connectivity index (χ0v) is 6.00. The van der Waals surface area contributed by atoms with Crippen molar-refractivity contribution in [3.05, 3.63) is 33.9 Å². The van der Waals surface area contributed by atoms with Crippen LogP contribution in [0.4, 0.5) is 0 Å². The van der Waals surface area contributed by atoms with E-state index in [1.165, 1.54) is 6.07 Å². The summed E-state index contributed by atoms with van der Waals surface area (Å²) in [4.78, 5) is 10.7. The highest BCUT2D eigenvalue weighted by molar-refractivity contribution is 5.17. The van der Waals surface area contributed by atoms with Crippen molar-refractivity contribution in [3.8, 4) is 0 Å². The lowest BCUT2D eigenvalue weighted by Crippen LogP contribution is -2.12. The van der Waals surface area contributed by atoms with Gasteiger partial charge in [0.1, 0.15) is 5.76 Å². The molecule has 0 aliphatic carbocycles. The molecule has 58 valence electrons. The molecule has 0 N–H and O–H groups in total. The lowest BCUT2D eigenvalue weighted by Gasteiger charge is -2.12. The molecule has 0 amide bonds. The van der Waals surface area contributed by atoms with Crippen LogP contribution in [0.1, 0.15) is 11.3 Å². The molecule has 0 saturated carbocycles. The first-order chi connectivity index (χ1) is 5.36. The van der Waals surface area contributed by atoms with Crippen LogP contribution in [0.3, 0.4) is 0 Å². The molecule has 1 aliphatic heterocycles. The van der Waals surface area contributed by atoms with Gasteiger partial charge in [-0.2, -0.15) is 0 Å². The molecule has 0 spiro atoms. The fourth-order valence-corrected chi connectivity index (χ4v) is 1.17. The van der Waals surface area contributed by atoms with Gasteiger partial charge in [0.15, 0.2) is 0 Å². The largest absolute Gasteiger partial charge is 0.427 e. The molecule has 0 bridgehead atoms. The summed E-state index contributed by atoms with van der Waals surface area (Å²) in [6, 6.07) is 3.19. The van der Waals surface area contributed by atoms with Crippen LogP contribution in [0.25, 0.3) is 0 Å². The second kappa shape index (κ2) is 2.51. The van der Waals surface area contributed by atoms with Crippen LogP contribution < -0.4 is 5.63 Å². The maximum Gasteiger partial charge on any atom is 0.335 e. The average molecular weight is 152 g/mol. The zero-order chi connectivity index (χ0) is 7.68. The van der Waals surface area contributed by atoms with Gasteiger partial charge in [-0.3, -0.25) is 0 Å². The highest BCUT2D eigenvalue weighted by Gasteiger charge is 2.10. The Bertz CT molecular complexity index is 313. The van der Waals surface area contributed by atoms with Crippen LogP contribution in [0.15, 0.2) is 21.3 Å². The third kappa shape index (κ3) is 1.19. The maximum absolute atomic E-state index is 10.7. The summed E-state index contributed by atoms with van der Waals surface area (Å²) in [6.45, 7) is 1.22. The van der Waals surface area contributed by atoms with Gasteiger partial charge in [-0.15, -0.1) is 0 Å². The minimum Gasteiger partial charge on any atom is -0.427 e. The number of fused-ring (bicyclic) bond motifs is 1. The van der Waals surface area contributed by atoms with Gasteiger partial charge >= 0.3 is 5.63 Å². The molecular weight excluding hydrogens is 144 g/mol. The van der Waals surface area contributed by atoms with Crippen molar-refractivity contribution in [1.82, 2.24) is 0 Å². The first-order valence-electron chi connectivity index (χ1n) is 3.56. The van der Waals surface area contributed by atoms with Crippen LogP contribution in [0.2, 0.25) is 0 Å². The zero-order valence-electron chi connectivity index (χ0n) is 6.00. The fourth-order valence-electron chi connectivity index (χ4n) is 1.17. The lowest BCUT2D eigenvalue weighted by atomic mass is 10.1. The third-order valence-electron chi connectivity index (χ3n) is 1.73. The van der Waals surface area contributed by atoms with Crippen molar-refractivity contribution in [3.63, 3.8) is 0 Å². The summed E-state index contributed by atoms with van der Waals surface area (Å²) in [6.07, 6.45) is 0.714. The molecule has 0 unspecified atom stereocenters. The first-order valence-corrected chi connectivity index (χ1v) is 3.56. The molecule has 3 heteroatoms. The van der Waals surface area contributed by atoms with Crippen LogP contribution in [-0.2, 0) is 17.8 Å². The summed E-state index contributed by atoms with van der Waals surface area (Å²) in [5, 5.41) is 0. The fraction of sp³-hybridized carbons (Fsp3) is 0.375. The van der Waals surface area contributed by atoms with Gasteiger partial charge in [-0.1, -0.05) is 0 Å². The van der Waals surface area contributed by atoms with Crippen molar-refractivity contribution < 1.29 is 9.15 Å². The Balaban J connectivity index is 2.51. The van der Waals surface area contributed by atoms with Crippen LogP contribution >= 0.6 is 0 Å². The smallest absolute Gasteiger partial charge is 0.335 e. The molecule has 2 rings (SSSR count). The molecule has 2 heterocycles. The van der Waals surface area contributed by atoms with Crippen molar-refractivity contribution in [2.45, 2.75) is 13.0 Å². The van der Waals surface area contributed by atoms with E-state index < -0.39 is 0 Å². The van der Waals surface area contributed by atoms with Crippen molar-refractivity contribution in [1.29, 1.82) is 0 Å². The Labute approximate surface area is 63.6 Å². The molecule has 11 heavy (non-hydrogen) atoms. The molecule has 1 aliphatic rings. The van der Waals surface area contributed by atoms with Gasteiger partial charge in [-0.25, -0.2) is 4.79 Å². The second-order valence-corrected chi connectivity index (χ2v) is 2.51.